The molecule has 0 aliphatic rings. The molecule has 1 aromatic rings. The summed E-state index contributed by atoms with van der Waals surface area (Å²) in [7, 11) is 0. The number of nitrogens with one attached hydrogen (secondary N) is 1. The third-order valence-corrected chi connectivity index (χ3v) is 3.24. The smallest absolute Gasteiger partial charge is 0.165 e. The first kappa shape index (κ1) is 16.4. The Kier molecular flexibility index (Phi) is 5.81. The lowest BCUT2D eigenvalue weighted by molar-refractivity contribution is 0.134. The standard InChI is InChI=1S/C15H23BrFNO/c1-10(2)14(9-18-15(3,4)5)19-13-8-11(16)6-7-12(13)17/h6-8,10,14,18H,9H2,1-5H3. The average molecular weight is 332 g/mol. The van der Waals surface area contributed by atoms with Crippen LogP contribution in [0.15, 0.2) is 22.7 Å². The van der Waals surface area contributed by atoms with Gasteiger partial charge in [0.15, 0.2) is 11.6 Å². The van der Waals surface area contributed by atoms with Gasteiger partial charge in [-0.25, -0.2) is 4.39 Å². The quantitative estimate of drug-likeness (QED) is 0.864. The van der Waals surface area contributed by atoms with E-state index in [2.05, 4.69) is 55.9 Å². The van der Waals surface area contributed by atoms with Crippen molar-refractivity contribution in [1.82, 2.24) is 5.32 Å². The summed E-state index contributed by atoms with van der Waals surface area (Å²) in [6.07, 6.45) is -0.0666. The Hall–Kier alpha value is -0.610. The summed E-state index contributed by atoms with van der Waals surface area (Å²) < 4.78 is 20.3. The molecule has 2 nitrogen and oxygen atoms in total. The molecule has 0 aliphatic carbocycles. The summed E-state index contributed by atoms with van der Waals surface area (Å²) >= 11 is 3.33. The van der Waals surface area contributed by atoms with Gasteiger partial charge in [-0.2, -0.15) is 0 Å². The van der Waals surface area contributed by atoms with Gasteiger partial charge >= 0.3 is 0 Å². The Balaban J connectivity index is 2.75. The van der Waals surface area contributed by atoms with Crippen LogP contribution in [0.5, 0.6) is 5.75 Å². The molecular weight excluding hydrogens is 309 g/mol. The molecule has 0 heterocycles. The minimum atomic E-state index is -0.329. The second-order valence-corrected chi connectivity index (χ2v) is 7.02. The lowest BCUT2D eigenvalue weighted by Gasteiger charge is -2.28. The number of halogens is 2. The van der Waals surface area contributed by atoms with Crippen molar-refractivity contribution in [2.45, 2.75) is 46.3 Å². The molecule has 0 fully saturated rings. The molecule has 0 spiro atoms. The summed E-state index contributed by atoms with van der Waals surface area (Å²) in [5, 5.41) is 3.40. The zero-order valence-corrected chi connectivity index (χ0v) is 13.8. The van der Waals surface area contributed by atoms with Gasteiger partial charge in [0.05, 0.1) is 0 Å². The van der Waals surface area contributed by atoms with E-state index in [-0.39, 0.29) is 17.5 Å². The molecule has 0 aromatic heterocycles. The van der Waals surface area contributed by atoms with E-state index in [9.17, 15) is 4.39 Å². The van der Waals surface area contributed by atoms with E-state index < -0.39 is 0 Å². The van der Waals surface area contributed by atoms with Crippen LogP contribution in [-0.2, 0) is 0 Å². The fraction of sp³-hybridized carbons (Fsp3) is 0.600. The molecular formula is C15H23BrFNO. The maximum Gasteiger partial charge on any atom is 0.165 e. The van der Waals surface area contributed by atoms with Gasteiger partial charge in [-0.15, -0.1) is 0 Å². The van der Waals surface area contributed by atoms with Crippen molar-refractivity contribution in [3.05, 3.63) is 28.5 Å². The van der Waals surface area contributed by atoms with Crippen molar-refractivity contribution in [1.29, 1.82) is 0 Å². The second kappa shape index (κ2) is 6.71. The highest BCUT2D eigenvalue weighted by molar-refractivity contribution is 9.10. The predicted octanol–water partition coefficient (Wildman–Crippen LogP) is 4.38. The van der Waals surface area contributed by atoms with Crippen LogP contribution in [-0.4, -0.2) is 18.2 Å². The zero-order chi connectivity index (χ0) is 14.6. The molecule has 0 bridgehead atoms. The van der Waals surface area contributed by atoms with Crippen molar-refractivity contribution >= 4 is 15.9 Å². The number of hydrogen-bond acceptors (Lipinski definition) is 2. The molecule has 0 aliphatic heterocycles. The van der Waals surface area contributed by atoms with E-state index in [1.807, 2.05) is 0 Å². The van der Waals surface area contributed by atoms with E-state index in [0.29, 0.717) is 18.2 Å². The minimum absolute atomic E-state index is 0.0202. The van der Waals surface area contributed by atoms with Crippen molar-refractivity contribution in [3.63, 3.8) is 0 Å². The van der Waals surface area contributed by atoms with Gasteiger partial charge in [0.2, 0.25) is 0 Å². The molecule has 1 atom stereocenters. The Morgan fingerprint density at radius 1 is 1.32 bits per heavy atom. The normalized spacial score (nSPS) is 13.7. The van der Waals surface area contributed by atoms with E-state index in [4.69, 9.17) is 4.74 Å². The molecule has 0 amide bonds. The SMILES string of the molecule is CC(C)C(CNC(C)(C)C)Oc1cc(Br)ccc1F. The van der Waals surface area contributed by atoms with Crippen LogP contribution in [0.2, 0.25) is 0 Å². The van der Waals surface area contributed by atoms with E-state index in [1.54, 1.807) is 12.1 Å². The Morgan fingerprint density at radius 3 is 2.47 bits per heavy atom. The van der Waals surface area contributed by atoms with Crippen LogP contribution in [0.3, 0.4) is 0 Å². The molecule has 19 heavy (non-hydrogen) atoms. The fourth-order valence-corrected chi connectivity index (χ4v) is 1.89. The van der Waals surface area contributed by atoms with Gasteiger partial charge in [-0.05, 0) is 44.9 Å². The van der Waals surface area contributed by atoms with Crippen molar-refractivity contribution in [2.24, 2.45) is 5.92 Å². The molecule has 1 rings (SSSR count). The van der Waals surface area contributed by atoms with Gasteiger partial charge < -0.3 is 10.1 Å². The minimum Gasteiger partial charge on any atom is -0.486 e. The predicted molar refractivity (Wildman–Crippen MR) is 81.1 cm³/mol. The van der Waals surface area contributed by atoms with Gasteiger partial charge in [-0.3, -0.25) is 0 Å². The van der Waals surface area contributed by atoms with Gasteiger partial charge in [0.25, 0.3) is 0 Å². The number of benzene rings is 1. The molecule has 0 saturated heterocycles. The van der Waals surface area contributed by atoms with E-state index in [1.165, 1.54) is 6.07 Å². The molecule has 1 aromatic carbocycles. The number of rotatable bonds is 5. The summed E-state index contributed by atoms with van der Waals surface area (Å²) in [5.41, 5.74) is 0.0202. The molecule has 0 radical (unpaired) electrons. The summed E-state index contributed by atoms with van der Waals surface area (Å²) in [5.74, 6) is 0.265. The molecule has 0 saturated carbocycles. The molecule has 1 unspecified atom stereocenters. The highest BCUT2D eigenvalue weighted by Gasteiger charge is 2.20. The molecule has 1 N–H and O–H groups in total. The topological polar surface area (TPSA) is 21.3 Å². The number of hydrogen-bond donors (Lipinski definition) is 1. The Labute approximate surface area is 123 Å². The number of ether oxygens (including phenoxy) is 1. The first-order chi connectivity index (χ1) is 8.69. The maximum absolute atomic E-state index is 13.7. The third-order valence-electron chi connectivity index (χ3n) is 2.75. The van der Waals surface area contributed by atoms with Crippen molar-refractivity contribution < 1.29 is 9.13 Å². The van der Waals surface area contributed by atoms with Gasteiger partial charge in [0, 0.05) is 16.6 Å². The Bertz CT molecular complexity index is 415. The first-order valence-corrected chi connectivity index (χ1v) is 7.35. The lowest BCUT2D eigenvalue weighted by Crippen LogP contribution is -2.44. The highest BCUT2D eigenvalue weighted by atomic mass is 79.9. The van der Waals surface area contributed by atoms with Crippen LogP contribution in [0.4, 0.5) is 4.39 Å². The van der Waals surface area contributed by atoms with Crippen molar-refractivity contribution in [3.8, 4) is 5.75 Å². The van der Waals surface area contributed by atoms with E-state index >= 15 is 0 Å². The summed E-state index contributed by atoms with van der Waals surface area (Å²) in [6.45, 7) is 11.1. The van der Waals surface area contributed by atoms with E-state index in [0.717, 1.165) is 4.47 Å². The Morgan fingerprint density at radius 2 is 1.95 bits per heavy atom. The second-order valence-electron chi connectivity index (χ2n) is 6.11. The lowest BCUT2D eigenvalue weighted by atomic mass is 10.0. The zero-order valence-electron chi connectivity index (χ0n) is 12.3. The third kappa shape index (κ3) is 5.91. The monoisotopic (exact) mass is 331 g/mol. The fourth-order valence-electron chi connectivity index (χ4n) is 1.55. The van der Waals surface area contributed by atoms with Crippen LogP contribution in [0.25, 0.3) is 0 Å². The average Bonchev–Trinajstić information content (AvgIpc) is 2.27. The summed E-state index contributed by atoms with van der Waals surface area (Å²) in [6, 6.07) is 4.75. The van der Waals surface area contributed by atoms with Crippen LogP contribution >= 0.6 is 15.9 Å². The summed E-state index contributed by atoms with van der Waals surface area (Å²) in [4.78, 5) is 0. The highest BCUT2D eigenvalue weighted by Crippen LogP contribution is 2.24. The van der Waals surface area contributed by atoms with Gasteiger partial charge in [0.1, 0.15) is 6.10 Å². The largest absolute Gasteiger partial charge is 0.486 e. The molecule has 108 valence electrons. The van der Waals surface area contributed by atoms with Gasteiger partial charge in [-0.1, -0.05) is 29.8 Å². The van der Waals surface area contributed by atoms with Crippen LogP contribution in [0.1, 0.15) is 34.6 Å². The van der Waals surface area contributed by atoms with Crippen molar-refractivity contribution in [2.75, 3.05) is 6.54 Å². The first-order valence-electron chi connectivity index (χ1n) is 6.56. The maximum atomic E-state index is 13.7. The molecule has 4 heteroatoms. The van der Waals surface area contributed by atoms with Crippen LogP contribution < -0.4 is 10.1 Å². The van der Waals surface area contributed by atoms with Crippen LogP contribution in [0, 0.1) is 11.7 Å².